The van der Waals surface area contributed by atoms with Crippen LogP contribution in [0.1, 0.15) is 63.2 Å². The second-order valence-corrected chi connectivity index (χ2v) is 7.77. The number of likely N-dealkylation sites (N-methyl/N-ethyl adjacent to an activating group) is 1. The number of hydrogen-bond donors (Lipinski definition) is 1. The number of carbonyl (C=O) groups is 2. The van der Waals surface area contributed by atoms with E-state index in [2.05, 4.69) is 27.3 Å². The summed E-state index contributed by atoms with van der Waals surface area (Å²) in [7, 11) is 1.53. The Hall–Kier alpha value is -1.96. The van der Waals surface area contributed by atoms with Crippen LogP contribution in [-0.2, 0) is 4.79 Å². The predicted molar refractivity (Wildman–Crippen MR) is 88.7 cm³/mol. The molecule has 2 saturated heterocycles. The summed E-state index contributed by atoms with van der Waals surface area (Å²) in [5, 5.41) is 6.99. The van der Waals surface area contributed by atoms with E-state index in [1.54, 1.807) is 0 Å². The molecule has 3 heterocycles. The van der Waals surface area contributed by atoms with Crippen LogP contribution in [0.2, 0.25) is 0 Å². The third-order valence-electron chi connectivity index (χ3n) is 5.99. The molecule has 1 saturated carbocycles. The van der Waals surface area contributed by atoms with Gasteiger partial charge in [0.05, 0.1) is 6.04 Å². The first-order valence-corrected chi connectivity index (χ1v) is 9.08. The largest absolute Gasteiger partial charge is 0.338 e. The van der Waals surface area contributed by atoms with Gasteiger partial charge in [0.25, 0.3) is 5.91 Å². The zero-order valence-electron chi connectivity index (χ0n) is 15.0. The Morgan fingerprint density at radius 3 is 2.72 bits per heavy atom. The quantitative estimate of drug-likeness (QED) is 0.833. The van der Waals surface area contributed by atoms with Gasteiger partial charge in [0.15, 0.2) is 5.82 Å². The summed E-state index contributed by atoms with van der Waals surface area (Å²) in [6.07, 6.45) is 4.18. The van der Waals surface area contributed by atoms with Crippen molar-refractivity contribution in [3.05, 3.63) is 11.7 Å². The fourth-order valence-electron chi connectivity index (χ4n) is 3.99. The topological polar surface area (TPSA) is 91.6 Å². The molecule has 8 nitrogen and oxygen atoms in total. The molecule has 0 radical (unpaired) electrons. The number of carbonyl (C=O) groups excluding carboxylic acids is 2. The second-order valence-electron chi connectivity index (χ2n) is 7.77. The Bertz CT molecular complexity index is 700. The minimum absolute atomic E-state index is 0.0105. The molecule has 1 aromatic rings. The van der Waals surface area contributed by atoms with E-state index in [1.807, 2.05) is 6.92 Å². The van der Waals surface area contributed by atoms with Crippen LogP contribution in [-0.4, -0.2) is 57.6 Å². The van der Waals surface area contributed by atoms with Crippen LogP contribution in [0.5, 0.6) is 0 Å². The number of piperidine rings is 1. The average molecular weight is 347 g/mol. The van der Waals surface area contributed by atoms with Crippen LogP contribution in [0.25, 0.3) is 0 Å². The number of nitrogens with one attached hydrogen (secondary N) is 1. The average Bonchev–Trinajstić information content (AvgIpc) is 3.32. The number of aromatic nitrogens is 2. The molecular formula is C17H25N5O3. The SMILES string of the molecule is C[C@H](c1nc(C2CC2)no1)N1CCC[C@H]([C@@]2(C)NC(=O)N(C)C2=O)C1. The van der Waals surface area contributed by atoms with E-state index in [1.165, 1.54) is 11.9 Å². The van der Waals surface area contributed by atoms with Gasteiger partial charge in [-0.1, -0.05) is 5.16 Å². The van der Waals surface area contributed by atoms with Crippen LogP contribution in [0.15, 0.2) is 4.52 Å². The lowest BCUT2D eigenvalue weighted by Crippen LogP contribution is -2.56. The van der Waals surface area contributed by atoms with Crippen molar-refractivity contribution in [3.63, 3.8) is 0 Å². The standard InChI is InChI=1S/C17H25N5O3/c1-10(14-18-13(20-25-14)11-6-7-11)22-8-4-5-12(9-22)17(2)15(23)21(3)16(24)19-17/h10-12H,4-9H2,1-3H3,(H,19,24)/t10-,12+,17-/m1/s1. The number of hydrogen-bond acceptors (Lipinski definition) is 6. The van der Waals surface area contributed by atoms with Gasteiger partial charge in [-0.15, -0.1) is 0 Å². The van der Waals surface area contributed by atoms with Crippen molar-refractivity contribution in [1.29, 1.82) is 0 Å². The molecule has 1 aliphatic carbocycles. The Morgan fingerprint density at radius 1 is 1.32 bits per heavy atom. The number of amides is 3. The molecule has 3 fully saturated rings. The third kappa shape index (κ3) is 2.72. The van der Waals surface area contributed by atoms with Crippen molar-refractivity contribution < 1.29 is 14.1 Å². The Morgan fingerprint density at radius 2 is 2.08 bits per heavy atom. The summed E-state index contributed by atoms with van der Waals surface area (Å²) in [6.45, 7) is 5.55. The van der Waals surface area contributed by atoms with Crippen LogP contribution < -0.4 is 5.32 Å². The van der Waals surface area contributed by atoms with E-state index in [9.17, 15) is 9.59 Å². The van der Waals surface area contributed by atoms with Crippen molar-refractivity contribution in [3.8, 4) is 0 Å². The fraction of sp³-hybridized carbons (Fsp3) is 0.765. The van der Waals surface area contributed by atoms with Crippen LogP contribution in [0.4, 0.5) is 4.79 Å². The lowest BCUT2D eigenvalue weighted by atomic mass is 9.79. The molecule has 1 N–H and O–H groups in total. The zero-order chi connectivity index (χ0) is 17.8. The number of imide groups is 1. The number of nitrogens with zero attached hydrogens (tertiary/aromatic N) is 4. The fourth-order valence-corrected chi connectivity index (χ4v) is 3.99. The summed E-state index contributed by atoms with van der Waals surface area (Å²) in [6, 6.07) is -0.306. The van der Waals surface area contributed by atoms with Crippen molar-refractivity contribution >= 4 is 11.9 Å². The van der Waals surface area contributed by atoms with Crippen molar-refractivity contribution in [2.45, 2.75) is 57.0 Å². The first-order valence-electron chi connectivity index (χ1n) is 9.08. The number of rotatable bonds is 4. The Balaban J connectivity index is 1.48. The second kappa shape index (κ2) is 5.79. The molecule has 4 rings (SSSR count). The first-order chi connectivity index (χ1) is 11.9. The predicted octanol–water partition coefficient (Wildman–Crippen LogP) is 1.66. The molecule has 1 aromatic heterocycles. The molecule has 3 aliphatic rings. The van der Waals surface area contributed by atoms with Gasteiger partial charge in [-0.25, -0.2) is 4.79 Å². The zero-order valence-corrected chi connectivity index (χ0v) is 15.0. The normalized spacial score (nSPS) is 32.1. The van der Waals surface area contributed by atoms with Crippen LogP contribution in [0, 0.1) is 5.92 Å². The van der Waals surface area contributed by atoms with Crippen LogP contribution in [0.3, 0.4) is 0 Å². The maximum Gasteiger partial charge on any atom is 0.324 e. The van der Waals surface area contributed by atoms with Gasteiger partial charge < -0.3 is 9.84 Å². The third-order valence-corrected chi connectivity index (χ3v) is 5.99. The monoisotopic (exact) mass is 347 g/mol. The van der Waals surface area contributed by atoms with Crippen LogP contribution >= 0.6 is 0 Å². The number of likely N-dealkylation sites (tertiary alicyclic amines) is 1. The number of urea groups is 1. The van der Waals surface area contributed by atoms with Gasteiger partial charge in [-0.2, -0.15) is 4.98 Å². The van der Waals surface area contributed by atoms with E-state index < -0.39 is 5.54 Å². The lowest BCUT2D eigenvalue weighted by Gasteiger charge is -2.41. The Labute approximate surface area is 146 Å². The smallest absolute Gasteiger partial charge is 0.324 e. The van der Waals surface area contributed by atoms with Gasteiger partial charge in [0.2, 0.25) is 5.89 Å². The van der Waals surface area contributed by atoms with Gasteiger partial charge in [0.1, 0.15) is 5.54 Å². The minimum Gasteiger partial charge on any atom is -0.338 e. The van der Waals surface area contributed by atoms with Crippen molar-refractivity contribution in [2.24, 2.45) is 5.92 Å². The summed E-state index contributed by atoms with van der Waals surface area (Å²) in [5.74, 6) is 1.86. The lowest BCUT2D eigenvalue weighted by molar-refractivity contribution is -0.132. The van der Waals surface area contributed by atoms with Crippen molar-refractivity contribution in [1.82, 2.24) is 25.3 Å². The van der Waals surface area contributed by atoms with E-state index in [4.69, 9.17) is 4.52 Å². The highest BCUT2D eigenvalue weighted by atomic mass is 16.5. The molecular weight excluding hydrogens is 322 g/mol. The highest BCUT2D eigenvalue weighted by molar-refractivity contribution is 6.06. The molecule has 25 heavy (non-hydrogen) atoms. The summed E-state index contributed by atoms with van der Waals surface area (Å²) < 4.78 is 5.47. The maximum atomic E-state index is 12.6. The summed E-state index contributed by atoms with van der Waals surface area (Å²) in [4.78, 5) is 32.5. The van der Waals surface area contributed by atoms with E-state index >= 15 is 0 Å². The molecule has 136 valence electrons. The van der Waals surface area contributed by atoms with Gasteiger partial charge >= 0.3 is 6.03 Å². The first kappa shape index (κ1) is 16.5. The maximum absolute atomic E-state index is 12.6. The van der Waals surface area contributed by atoms with Gasteiger partial charge in [-0.3, -0.25) is 14.6 Å². The molecule has 0 bridgehead atoms. The summed E-state index contributed by atoms with van der Waals surface area (Å²) in [5.41, 5.74) is -0.835. The van der Waals surface area contributed by atoms with Gasteiger partial charge in [0, 0.05) is 25.4 Å². The molecule has 3 amide bonds. The molecule has 0 unspecified atom stereocenters. The highest BCUT2D eigenvalue weighted by Gasteiger charge is 2.52. The van der Waals surface area contributed by atoms with E-state index in [0.29, 0.717) is 11.8 Å². The highest BCUT2D eigenvalue weighted by Crippen LogP contribution is 2.39. The van der Waals surface area contributed by atoms with Crippen molar-refractivity contribution in [2.75, 3.05) is 20.1 Å². The van der Waals surface area contributed by atoms with E-state index in [-0.39, 0.29) is 23.9 Å². The molecule has 0 spiro atoms. The van der Waals surface area contributed by atoms with Gasteiger partial charge in [-0.05, 0) is 46.1 Å². The molecule has 0 aromatic carbocycles. The molecule has 3 atom stereocenters. The minimum atomic E-state index is -0.835. The molecule has 2 aliphatic heterocycles. The van der Waals surface area contributed by atoms with E-state index in [0.717, 1.165) is 44.6 Å². The Kier molecular flexibility index (Phi) is 3.82. The molecule has 8 heteroatoms. The summed E-state index contributed by atoms with van der Waals surface area (Å²) >= 11 is 0.